The minimum absolute atomic E-state index is 0.0387. The third-order valence-electron chi connectivity index (χ3n) is 5.53. The number of hydrogen-bond acceptors (Lipinski definition) is 4. The average Bonchev–Trinajstić information content (AvgIpc) is 3.34. The van der Waals surface area contributed by atoms with E-state index in [2.05, 4.69) is 15.0 Å². The molecule has 5 aromatic rings. The Bertz CT molecular complexity index is 1500. The monoisotopic (exact) mass is 428 g/mol. The van der Waals surface area contributed by atoms with Gasteiger partial charge in [0.15, 0.2) is 0 Å². The highest BCUT2D eigenvalue weighted by atomic mass is 19.1. The maximum Gasteiger partial charge on any atom is 0.329 e. The predicted octanol–water partition coefficient (Wildman–Crippen LogP) is 4.57. The van der Waals surface area contributed by atoms with Crippen molar-refractivity contribution in [2.75, 3.05) is 0 Å². The normalized spacial score (nSPS) is 11.5. The van der Waals surface area contributed by atoms with Gasteiger partial charge in [-0.15, -0.1) is 0 Å². The fraction of sp³-hybridized carbons (Fsp3) is 0.167. The number of nitrogens with zero attached hydrogens (tertiary/aromatic N) is 5. The molecular weight excluding hydrogens is 407 g/mol. The van der Waals surface area contributed by atoms with E-state index < -0.39 is 0 Å². The molecule has 5 rings (SSSR count). The van der Waals surface area contributed by atoms with E-state index in [-0.39, 0.29) is 17.5 Å². The molecule has 7 nitrogen and oxygen atoms in total. The summed E-state index contributed by atoms with van der Waals surface area (Å²) in [6.07, 6.45) is 4.79. The fourth-order valence-electron chi connectivity index (χ4n) is 4.00. The van der Waals surface area contributed by atoms with Crippen molar-refractivity contribution < 1.29 is 4.39 Å². The van der Waals surface area contributed by atoms with Crippen LogP contribution in [0, 0.1) is 5.82 Å². The maximum atomic E-state index is 14.0. The molecule has 0 bridgehead atoms. The van der Waals surface area contributed by atoms with Crippen LogP contribution in [0.1, 0.15) is 19.9 Å². The molecule has 0 fully saturated rings. The molecule has 0 aliphatic carbocycles. The molecule has 3 aromatic heterocycles. The molecule has 0 aliphatic heterocycles. The zero-order valence-electron chi connectivity index (χ0n) is 17.9. The Balaban J connectivity index is 1.75. The zero-order valence-corrected chi connectivity index (χ0v) is 17.9. The minimum atomic E-state index is -0.340. The van der Waals surface area contributed by atoms with Crippen molar-refractivity contribution in [3.05, 3.63) is 77.5 Å². The highest BCUT2D eigenvalue weighted by Crippen LogP contribution is 2.34. The van der Waals surface area contributed by atoms with E-state index in [1.807, 2.05) is 38.1 Å². The first kappa shape index (κ1) is 19.9. The molecule has 0 aliphatic rings. The maximum absolute atomic E-state index is 14.0. The molecule has 0 spiro atoms. The van der Waals surface area contributed by atoms with Gasteiger partial charge in [-0.1, -0.05) is 18.2 Å². The first-order chi connectivity index (χ1) is 15.4. The number of aromatic nitrogens is 6. The van der Waals surface area contributed by atoms with Gasteiger partial charge in [-0.25, -0.2) is 24.1 Å². The second kappa shape index (κ2) is 7.56. The van der Waals surface area contributed by atoms with Crippen molar-refractivity contribution in [2.24, 2.45) is 7.05 Å². The molecule has 32 heavy (non-hydrogen) atoms. The number of nitrogens with one attached hydrogen (secondary N) is 1. The van der Waals surface area contributed by atoms with E-state index in [1.165, 1.54) is 18.5 Å². The molecule has 0 saturated heterocycles. The Morgan fingerprint density at radius 1 is 0.969 bits per heavy atom. The molecule has 0 unspecified atom stereocenters. The van der Waals surface area contributed by atoms with E-state index >= 15 is 0 Å². The zero-order chi connectivity index (χ0) is 22.4. The number of benzene rings is 2. The van der Waals surface area contributed by atoms with E-state index in [0.717, 1.165) is 27.9 Å². The molecule has 3 heterocycles. The third-order valence-corrected chi connectivity index (χ3v) is 5.53. The van der Waals surface area contributed by atoms with Gasteiger partial charge in [0, 0.05) is 36.6 Å². The lowest BCUT2D eigenvalue weighted by molar-refractivity contribution is 0.583. The first-order valence-corrected chi connectivity index (χ1v) is 10.3. The van der Waals surface area contributed by atoms with Gasteiger partial charge in [0.1, 0.15) is 18.0 Å². The van der Waals surface area contributed by atoms with Gasteiger partial charge in [0.25, 0.3) is 0 Å². The van der Waals surface area contributed by atoms with Crippen LogP contribution in [-0.4, -0.2) is 29.1 Å². The van der Waals surface area contributed by atoms with Gasteiger partial charge in [0.05, 0.1) is 28.0 Å². The van der Waals surface area contributed by atoms with Gasteiger partial charge in [-0.05, 0) is 38.1 Å². The van der Waals surface area contributed by atoms with E-state index in [0.29, 0.717) is 17.1 Å². The quantitative estimate of drug-likeness (QED) is 0.455. The van der Waals surface area contributed by atoms with Crippen LogP contribution in [0.2, 0.25) is 0 Å². The van der Waals surface area contributed by atoms with Crippen molar-refractivity contribution in [2.45, 2.75) is 19.9 Å². The molecular formula is C24H21FN6O. The SMILES string of the molecule is CC(C)n1c(=O)n(C)c2cc(-c3[nH]c(-c4cncnc4)nc3-c3cccc(F)c3)ccc21. The highest BCUT2D eigenvalue weighted by molar-refractivity contribution is 5.87. The van der Waals surface area contributed by atoms with Crippen LogP contribution >= 0.6 is 0 Å². The fourth-order valence-corrected chi connectivity index (χ4v) is 4.00. The number of rotatable bonds is 4. The molecule has 0 atom stereocenters. The summed E-state index contributed by atoms with van der Waals surface area (Å²) in [5, 5.41) is 0. The number of imidazole rings is 2. The van der Waals surface area contributed by atoms with Gasteiger partial charge in [-0.2, -0.15) is 0 Å². The van der Waals surface area contributed by atoms with Crippen LogP contribution in [-0.2, 0) is 7.05 Å². The molecule has 0 saturated carbocycles. The van der Waals surface area contributed by atoms with Crippen molar-refractivity contribution >= 4 is 11.0 Å². The summed E-state index contributed by atoms with van der Waals surface area (Å²) in [6.45, 7) is 3.97. The van der Waals surface area contributed by atoms with E-state index in [1.54, 1.807) is 34.6 Å². The average molecular weight is 428 g/mol. The standard InChI is InChI=1S/C24H21FN6O/c1-14(2)31-19-8-7-16(10-20(19)30(3)24(31)32)22-21(15-5-4-6-18(25)9-15)28-23(29-22)17-11-26-13-27-12-17/h4-14H,1-3H3,(H,28,29). The van der Waals surface area contributed by atoms with Gasteiger partial charge >= 0.3 is 5.69 Å². The largest absolute Gasteiger partial charge is 0.337 e. The Morgan fingerprint density at radius 2 is 1.75 bits per heavy atom. The van der Waals surface area contributed by atoms with Crippen LogP contribution < -0.4 is 5.69 Å². The second-order valence-corrected chi connectivity index (χ2v) is 7.96. The van der Waals surface area contributed by atoms with Crippen molar-refractivity contribution in [3.63, 3.8) is 0 Å². The lowest BCUT2D eigenvalue weighted by Gasteiger charge is -2.08. The van der Waals surface area contributed by atoms with Crippen LogP contribution in [0.3, 0.4) is 0 Å². The number of aryl methyl sites for hydroxylation is 1. The molecule has 2 aromatic carbocycles. The lowest BCUT2D eigenvalue weighted by atomic mass is 10.0. The molecule has 160 valence electrons. The summed E-state index contributed by atoms with van der Waals surface area (Å²) in [5.74, 6) is 0.238. The minimum Gasteiger partial charge on any atom is -0.337 e. The summed E-state index contributed by atoms with van der Waals surface area (Å²) in [4.78, 5) is 29.0. The highest BCUT2D eigenvalue weighted by Gasteiger charge is 2.19. The molecule has 1 N–H and O–H groups in total. The first-order valence-electron chi connectivity index (χ1n) is 10.3. The van der Waals surface area contributed by atoms with Gasteiger partial charge in [0.2, 0.25) is 0 Å². The van der Waals surface area contributed by atoms with E-state index in [9.17, 15) is 9.18 Å². The summed E-state index contributed by atoms with van der Waals surface area (Å²) in [7, 11) is 1.76. The van der Waals surface area contributed by atoms with Crippen molar-refractivity contribution in [1.82, 2.24) is 29.1 Å². The Hall–Kier alpha value is -4.07. The summed E-state index contributed by atoms with van der Waals surface area (Å²) < 4.78 is 17.4. The molecule has 0 radical (unpaired) electrons. The summed E-state index contributed by atoms with van der Waals surface area (Å²) in [6, 6.07) is 12.2. The Morgan fingerprint density at radius 3 is 2.47 bits per heavy atom. The van der Waals surface area contributed by atoms with Gasteiger partial charge in [-0.3, -0.25) is 9.13 Å². The van der Waals surface area contributed by atoms with Crippen LogP contribution in [0.5, 0.6) is 0 Å². The Labute approximate surface area is 183 Å². The lowest BCUT2D eigenvalue weighted by Crippen LogP contribution is -2.23. The number of fused-ring (bicyclic) bond motifs is 1. The topological polar surface area (TPSA) is 81.4 Å². The van der Waals surface area contributed by atoms with Crippen molar-refractivity contribution in [3.8, 4) is 33.9 Å². The number of H-pyrrole nitrogens is 1. The van der Waals surface area contributed by atoms with Crippen molar-refractivity contribution in [1.29, 1.82) is 0 Å². The molecule has 0 amide bonds. The predicted molar refractivity (Wildman–Crippen MR) is 122 cm³/mol. The van der Waals surface area contributed by atoms with Crippen LogP contribution in [0.4, 0.5) is 4.39 Å². The smallest absolute Gasteiger partial charge is 0.329 e. The second-order valence-electron chi connectivity index (χ2n) is 7.96. The van der Waals surface area contributed by atoms with E-state index in [4.69, 9.17) is 4.98 Å². The Kier molecular flexibility index (Phi) is 4.70. The van der Waals surface area contributed by atoms with Gasteiger partial charge < -0.3 is 4.98 Å². The van der Waals surface area contributed by atoms with Crippen LogP contribution in [0.15, 0.2) is 66.0 Å². The number of halogens is 1. The molecule has 8 heteroatoms. The summed E-state index contributed by atoms with van der Waals surface area (Å²) in [5.41, 5.74) is 5.14. The van der Waals surface area contributed by atoms with Crippen LogP contribution in [0.25, 0.3) is 44.9 Å². The third kappa shape index (κ3) is 3.20. The summed E-state index contributed by atoms with van der Waals surface area (Å²) >= 11 is 0. The number of aromatic amines is 1. The number of hydrogen-bond donors (Lipinski definition) is 1.